The first-order valence-corrected chi connectivity index (χ1v) is 5.50. The van der Waals surface area contributed by atoms with E-state index in [0.717, 1.165) is 12.1 Å². The van der Waals surface area contributed by atoms with Crippen molar-refractivity contribution in [2.75, 3.05) is 19.7 Å². The monoisotopic (exact) mass is 232 g/mol. The molecule has 1 N–H and O–H groups in total. The number of rotatable bonds is 2. The molecule has 6 heteroatoms. The quantitative estimate of drug-likeness (QED) is 0.825. The van der Waals surface area contributed by atoms with Gasteiger partial charge in [-0.25, -0.2) is 0 Å². The van der Waals surface area contributed by atoms with Crippen LogP contribution in [0.5, 0.6) is 0 Å². The minimum Gasteiger partial charge on any atom is -0.366 e. The number of hydrogen-bond donors (Lipinski definition) is 1. The molecule has 0 aromatic carbocycles. The van der Waals surface area contributed by atoms with E-state index in [1.54, 1.807) is 12.4 Å². The number of hydrogen-bond acceptors (Lipinski definition) is 6. The molecule has 0 amide bonds. The third-order valence-corrected chi connectivity index (χ3v) is 2.58. The van der Waals surface area contributed by atoms with Crippen molar-refractivity contribution in [3.05, 3.63) is 30.4 Å². The van der Waals surface area contributed by atoms with Crippen molar-refractivity contribution in [2.45, 2.75) is 6.10 Å². The van der Waals surface area contributed by atoms with Gasteiger partial charge in [0.05, 0.1) is 6.61 Å². The van der Waals surface area contributed by atoms with Gasteiger partial charge in [0.1, 0.15) is 6.10 Å². The summed E-state index contributed by atoms with van der Waals surface area (Å²) in [7, 11) is 0. The Bertz CT molecular complexity index is 479. The highest BCUT2D eigenvalue weighted by molar-refractivity contribution is 5.52. The first-order chi connectivity index (χ1) is 8.43. The van der Waals surface area contributed by atoms with Crippen LogP contribution in [-0.2, 0) is 4.74 Å². The topological polar surface area (TPSA) is 73.1 Å². The maximum atomic E-state index is 5.54. The molecule has 0 bridgehead atoms. The third-order valence-electron chi connectivity index (χ3n) is 2.58. The van der Waals surface area contributed by atoms with Gasteiger partial charge in [-0.15, -0.1) is 0 Å². The predicted molar refractivity (Wildman–Crippen MR) is 59.1 cm³/mol. The summed E-state index contributed by atoms with van der Waals surface area (Å²) in [5.74, 6) is 1.08. The molecule has 3 heterocycles. The number of morpholine rings is 1. The fraction of sp³-hybridized carbons (Fsp3) is 0.364. The van der Waals surface area contributed by atoms with Crippen molar-refractivity contribution >= 4 is 0 Å². The van der Waals surface area contributed by atoms with Gasteiger partial charge in [0.25, 0.3) is 5.89 Å². The zero-order chi connectivity index (χ0) is 11.5. The summed E-state index contributed by atoms with van der Waals surface area (Å²) < 4.78 is 10.8. The van der Waals surface area contributed by atoms with Crippen molar-refractivity contribution in [1.29, 1.82) is 0 Å². The van der Waals surface area contributed by atoms with Gasteiger partial charge in [0.2, 0.25) is 5.82 Å². The Hall–Kier alpha value is -1.79. The van der Waals surface area contributed by atoms with Gasteiger partial charge in [-0.2, -0.15) is 4.98 Å². The molecular weight excluding hydrogens is 220 g/mol. The number of pyridine rings is 1. The number of nitrogens with one attached hydrogen (secondary N) is 1. The van der Waals surface area contributed by atoms with Crippen molar-refractivity contribution in [3.8, 4) is 11.4 Å². The Morgan fingerprint density at radius 2 is 2.18 bits per heavy atom. The van der Waals surface area contributed by atoms with E-state index in [9.17, 15) is 0 Å². The number of ether oxygens (including phenoxy) is 1. The van der Waals surface area contributed by atoms with E-state index in [0.29, 0.717) is 24.9 Å². The molecule has 1 saturated heterocycles. The lowest BCUT2D eigenvalue weighted by Crippen LogP contribution is -2.33. The Balaban J connectivity index is 1.83. The highest BCUT2D eigenvalue weighted by Crippen LogP contribution is 2.20. The van der Waals surface area contributed by atoms with Crippen LogP contribution in [0.15, 0.2) is 29.0 Å². The predicted octanol–water partition coefficient (Wildman–Crippen LogP) is 0.792. The van der Waals surface area contributed by atoms with Crippen LogP contribution in [0.4, 0.5) is 0 Å². The molecule has 1 aliphatic rings. The van der Waals surface area contributed by atoms with Crippen LogP contribution in [0.3, 0.4) is 0 Å². The van der Waals surface area contributed by atoms with Crippen LogP contribution in [0.1, 0.15) is 12.0 Å². The minimum atomic E-state index is -0.146. The van der Waals surface area contributed by atoms with Crippen molar-refractivity contribution in [3.63, 3.8) is 0 Å². The van der Waals surface area contributed by atoms with Crippen LogP contribution in [-0.4, -0.2) is 34.8 Å². The fourth-order valence-corrected chi connectivity index (χ4v) is 1.71. The van der Waals surface area contributed by atoms with E-state index in [4.69, 9.17) is 9.26 Å². The smallest absolute Gasteiger partial charge is 0.257 e. The molecule has 6 nitrogen and oxygen atoms in total. The largest absolute Gasteiger partial charge is 0.366 e. The molecule has 0 aliphatic carbocycles. The lowest BCUT2D eigenvalue weighted by molar-refractivity contribution is 0.00755. The highest BCUT2D eigenvalue weighted by Gasteiger charge is 2.22. The molecule has 3 rings (SSSR count). The summed E-state index contributed by atoms with van der Waals surface area (Å²) in [4.78, 5) is 8.28. The second-order valence-corrected chi connectivity index (χ2v) is 3.76. The molecule has 88 valence electrons. The summed E-state index contributed by atoms with van der Waals surface area (Å²) in [6.45, 7) is 2.23. The summed E-state index contributed by atoms with van der Waals surface area (Å²) in [6, 6.07) is 3.68. The van der Waals surface area contributed by atoms with Crippen LogP contribution in [0.25, 0.3) is 11.4 Å². The highest BCUT2D eigenvalue weighted by atomic mass is 16.5. The molecule has 1 atom stereocenters. The molecule has 2 aromatic heterocycles. The van der Waals surface area contributed by atoms with E-state index in [-0.39, 0.29) is 6.10 Å². The van der Waals surface area contributed by atoms with Crippen LogP contribution in [0, 0.1) is 0 Å². The minimum absolute atomic E-state index is 0.146. The average molecular weight is 232 g/mol. The van der Waals surface area contributed by atoms with E-state index in [1.165, 1.54) is 0 Å². The lowest BCUT2D eigenvalue weighted by Gasteiger charge is -2.19. The lowest BCUT2D eigenvalue weighted by atomic mass is 10.2. The maximum Gasteiger partial charge on any atom is 0.257 e. The zero-order valence-electron chi connectivity index (χ0n) is 9.17. The van der Waals surface area contributed by atoms with E-state index < -0.39 is 0 Å². The van der Waals surface area contributed by atoms with Gasteiger partial charge in [0.15, 0.2) is 0 Å². The van der Waals surface area contributed by atoms with Crippen molar-refractivity contribution in [1.82, 2.24) is 20.4 Å². The second kappa shape index (κ2) is 4.60. The summed E-state index contributed by atoms with van der Waals surface area (Å²) in [6.07, 6.45) is 3.25. The summed E-state index contributed by atoms with van der Waals surface area (Å²) >= 11 is 0. The van der Waals surface area contributed by atoms with Crippen LogP contribution < -0.4 is 5.32 Å². The molecule has 2 aromatic rings. The fourth-order valence-electron chi connectivity index (χ4n) is 1.71. The SMILES string of the molecule is c1cc(-c2noc([C@H]3CNCCO3)n2)ccn1. The van der Waals surface area contributed by atoms with Crippen LogP contribution in [0.2, 0.25) is 0 Å². The second-order valence-electron chi connectivity index (χ2n) is 3.76. The standard InChI is InChI=1S/C11H12N4O2/c1-3-12-4-2-8(1)10-14-11(17-15-10)9-7-13-5-6-16-9/h1-4,9,13H,5-7H2/t9-/m1/s1. The Morgan fingerprint density at radius 3 is 2.94 bits per heavy atom. The molecule has 0 radical (unpaired) electrons. The van der Waals surface area contributed by atoms with Crippen molar-refractivity contribution in [2.24, 2.45) is 0 Å². The Labute approximate surface area is 98.0 Å². The molecule has 1 fully saturated rings. The van der Waals surface area contributed by atoms with Gasteiger partial charge in [-0.1, -0.05) is 5.16 Å². The van der Waals surface area contributed by atoms with Gasteiger partial charge >= 0.3 is 0 Å². The molecule has 17 heavy (non-hydrogen) atoms. The third kappa shape index (κ3) is 2.17. The Kier molecular flexibility index (Phi) is 2.81. The molecule has 0 unspecified atom stereocenters. The molecule has 0 saturated carbocycles. The van der Waals surface area contributed by atoms with Crippen LogP contribution >= 0.6 is 0 Å². The first-order valence-electron chi connectivity index (χ1n) is 5.50. The molecule has 1 aliphatic heterocycles. The van der Waals surface area contributed by atoms with E-state index in [1.807, 2.05) is 12.1 Å². The van der Waals surface area contributed by atoms with E-state index >= 15 is 0 Å². The summed E-state index contributed by atoms with van der Waals surface area (Å²) in [5.41, 5.74) is 0.888. The summed E-state index contributed by atoms with van der Waals surface area (Å²) in [5, 5.41) is 7.16. The first kappa shape index (κ1) is 10.4. The Morgan fingerprint density at radius 1 is 1.29 bits per heavy atom. The average Bonchev–Trinajstić information content (AvgIpc) is 2.90. The maximum absolute atomic E-state index is 5.54. The molecule has 0 spiro atoms. The number of aromatic nitrogens is 3. The van der Waals surface area contributed by atoms with Gasteiger partial charge in [-0.05, 0) is 12.1 Å². The zero-order valence-corrected chi connectivity index (χ0v) is 9.17. The van der Waals surface area contributed by atoms with Gasteiger partial charge in [-0.3, -0.25) is 4.98 Å². The number of nitrogens with zero attached hydrogens (tertiary/aromatic N) is 3. The van der Waals surface area contributed by atoms with Gasteiger partial charge in [0, 0.05) is 31.0 Å². The normalized spacial score (nSPS) is 20.4. The van der Waals surface area contributed by atoms with E-state index in [2.05, 4.69) is 20.4 Å². The molecular formula is C11H12N4O2. The van der Waals surface area contributed by atoms with Crippen molar-refractivity contribution < 1.29 is 9.26 Å². The van der Waals surface area contributed by atoms with Gasteiger partial charge < -0.3 is 14.6 Å².